The van der Waals surface area contributed by atoms with Crippen molar-refractivity contribution in [2.75, 3.05) is 35.5 Å². The van der Waals surface area contributed by atoms with Crippen molar-refractivity contribution in [1.29, 1.82) is 0 Å². The minimum atomic E-state index is -1.66. The summed E-state index contributed by atoms with van der Waals surface area (Å²) in [5.74, 6) is 1.72. The van der Waals surface area contributed by atoms with Crippen LogP contribution < -0.4 is 37.9 Å². The number of hydrogen-bond acceptors (Lipinski definition) is 10. The molecule has 3 aliphatic heterocycles. The van der Waals surface area contributed by atoms with Gasteiger partial charge in [-0.15, -0.1) is 0 Å². The zero-order chi connectivity index (χ0) is 31.5. The SMILES string of the molecule is COc1ccc([C@@H]2Oc3c(c(OC)cc4c3[C@H]3c5c(OC)cc(OC)cc5O[C@](c5ccc(OC)cc5)(O4)[C@@H]3O)C[C@H]2O)cc1. The Hall–Kier alpha value is -4.80. The molecule has 0 unspecified atom stereocenters. The minimum absolute atomic E-state index is 0.248. The van der Waals surface area contributed by atoms with Crippen molar-refractivity contribution < 1.29 is 48.1 Å². The van der Waals surface area contributed by atoms with E-state index < -0.39 is 30.0 Å². The second kappa shape index (κ2) is 11.0. The van der Waals surface area contributed by atoms with Crippen molar-refractivity contribution >= 4 is 0 Å². The fourth-order valence-corrected chi connectivity index (χ4v) is 6.68. The van der Waals surface area contributed by atoms with Crippen LogP contribution in [0.15, 0.2) is 66.7 Å². The quantitative estimate of drug-likeness (QED) is 0.298. The van der Waals surface area contributed by atoms with Crippen LogP contribution >= 0.6 is 0 Å². The first-order valence-electron chi connectivity index (χ1n) is 14.5. The normalized spacial score (nSPS) is 24.0. The number of rotatable bonds is 7. The number of ether oxygens (including phenoxy) is 8. The van der Waals surface area contributed by atoms with E-state index in [4.69, 9.17) is 37.9 Å². The topological polar surface area (TPSA) is 114 Å². The van der Waals surface area contributed by atoms with Crippen LogP contribution in [0.25, 0.3) is 0 Å². The summed E-state index contributed by atoms with van der Waals surface area (Å²) in [6.07, 6.45) is -2.58. The third-order valence-corrected chi connectivity index (χ3v) is 8.89. The predicted molar refractivity (Wildman–Crippen MR) is 162 cm³/mol. The molecule has 3 aliphatic rings. The Kier molecular flexibility index (Phi) is 7.06. The molecule has 0 saturated carbocycles. The Labute approximate surface area is 260 Å². The van der Waals surface area contributed by atoms with Crippen LogP contribution in [0.5, 0.6) is 46.0 Å². The number of fused-ring (bicyclic) bond motifs is 8. The van der Waals surface area contributed by atoms with Gasteiger partial charge in [-0.2, -0.15) is 0 Å². The van der Waals surface area contributed by atoms with Crippen LogP contribution in [-0.2, 0) is 12.2 Å². The van der Waals surface area contributed by atoms with E-state index in [1.165, 1.54) is 0 Å². The van der Waals surface area contributed by atoms with Crippen LogP contribution in [0.3, 0.4) is 0 Å². The van der Waals surface area contributed by atoms with Crippen molar-refractivity contribution in [3.63, 3.8) is 0 Å². The van der Waals surface area contributed by atoms with Crippen LogP contribution in [0.2, 0.25) is 0 Å². The zero-order valence-electron chi connectivity index (χ0n) is 25.5. The molecule has 0 amide bonds. The predicted octanol–water partition coefficient (Wildman–Crippen LogP) is 4.90. The lowest BCUT2D eigenvalue weighted by Gasteiger charge is -2.50. The van der Waals surface area contributed by atoms with Gasteiger partial charge < -0.3 is 48.1 Å². The Morgan fingerprint density at radius 1 is 0.667 bits per heavy atom. The maximum atomic E-state index is 12.4. The molecule has 0 spiro atoms. The molecule has 4 aromatic rings. The molecule has 10 heteroatoms. The van der Waals surface area contributed by atoms with E-state index in [1.807, 2.05) is 24.3 Å². The van der Waals surface area contributed by atoms with Crippen LogP contribution in [0.4, 0.5) is 0 Å². The summed E-state index contributed by atoms with van der Waals surface area (Å²) in [5, 5.41) is 23.7. The van der Waals surface area contributed by atoms with Crippen LogP contribution in [-0.4, -0.2) is 58.0 Å². The molecule has 5 atom stereocenters. The smallest absolute Gasteiger partial charge is 0.305 e. The third-order valence-electron chi connectivity index (χ3n) is 8.89. The fraction of sp³-hybridized carbons (Fsp3) is 0.314. The number of aliphatic hydroxyl groups is 2. The highest BCUT2D eigenvalue weighted by Gasteiger charge is 2.60. The lowest BCUT2D eigenvalue weighted by Crippen LogP contribution is -2.57. The molecule has 7 rings (SSSR count). The highest BCUT2D eigenvalue weighted by Crippen LogP contribution is 2.62. The second-order valence-corrected chi connectivity index (χ2v) is 11.1. The summed E-state index contributed by atoms with van der Waals surface area (Å²) in [5.41, 5.74) is 3.22. The second-order valence-electron chi connectivity index (χ2n) is 11.1. The average Bonchev–Trinajstić information content (AvgIpc) is 3.07. The molecular weight excluding hydrogens is 580 g/mol. The van der Waals surface area contributed by atoms with Gasteiger partial charge >= 0.3 is 5.79 Å². The largest absolute Gasteiger partial charge is 0.497 e. The van der Waals surface area contributed by atoms with E-state index in [1.54, 1.807) is 78.0 Å². The van der Waals surface area contributed by atoms with Gasteiger partial charge in [0.2, 0.25) is 0 Å². The molecule has 2 N–H and O–H groups in total. The van der Waals surface area contributed by atoms with E-state index in [2.05, 4.69) is 0 Å². The van der Waals surface area contributed by atoms with E-state index in [-0.39, 0.29) is 6.42 Å². The van der Waals surface area contributed by atoms with Gasteiger partial charge in [-0.25, -0.2) is 0 Å². The zero-order valence-corrected chi connectivity index (χ0v) is 25.5. The number of methoxy groups -OCH3 is 5. The lowest BCUT2D eigenvalue weighted by atomic mass is 9.74. The summed E-state index contributed by atoms with van der Waals surface area (Å²) in [6, 6.07) is 19.8. The van der Waals surface area contributed by atoms with Crippen molar-refractivity contribution in [3.05, 3.63) is 94.5 Å². The van der Waals surface area contributed by atoms with E-state index in [9.17, 15) is 10.2 Å². The molecule has 0 fully saturated rings. The number of aliphatic hydroxyl groups excluding tert-OH is 2. The van der Waals surface area contributed by atoms with Gasteiger partial charge in [-0.1, -0.05) is 12.1 Å². The van der Waals surface area contributed by atoms with Gasteiger partial charge in [0.05, 0.1) is 47.6 Å². The first-order chi connectivity index (χ1) is 21.8. The van der Waals surface area contributed by atoms with E-state index in [0.29, 0.717) is 68.2 Å². The highest BCUT2D eigenvalue weighted by atomic mass is 16.7. The van der Waals surface area contributed by atoms with Gasteiger partial charge in [0.15, 0.2) is 0 Å². The molecule has 0 aliphatic carbocycles. The minimum Gasteiger partial charge on any atom is -0.497 e. The first-order valence-corrected chi connectivity index (χ1v) is 14.5. The Morgan fingerprint density at radius 2 is 1.27 bits per heavy atom. The van der Waals surface area contributed by atoms with Gasteiger partial charge in [0, 0.05) is 46.9 Å². The molecule has 4 aromatic carbocycles. The maximum absolute atomic E-state index is 12.4. The van der Waals surface area contributed by atoms with Crippen LogP contribution in [0.1, 0.15) is 39.8 Å². The first kappa shape index (κ1) is 28.9. The average molecular weight is 615 g/mol. The molecule has 2 bridgehead atoms. The molecule has 0 aromatic heterocycles. The molecule has 10 nitrogen and oxygen atoms in total. The van der Waals surface area contributed by atoms with Gasteiger partial charge in [-0.05, 0) is 42.0 Å². The maximum Gasteiger partial charge on any atom is 0.305 e. The molecular formula is C35H34O10. The fourth-order valence-electron chi connectivity index (χ4n) is 6.68. The van der Waals surface area contributed by atoms with Crippen molar-refractivity contribution in [2.24, 2.45) is 0 Å². The van der Waals surface area contributed by atoms with Gasteiger partial charge in [-0.3, -0.25) is 0 Å². The molecule has 45 heavy (non-hydrogen) atoms. The number of benzene rings is 4. The summed E-state index contributed by atoms with van der Waals surface area (Å²) >= 11 is 0. The van der Waals surface area contributed by atoms with Crippen molar-refractivity contribution in [1.82, 2.24) is 0 Å². The van der Waals surface area contributed by atoms with Crippen molar-refractivity contribution in [2.45, 2.75) is 36.4 Å². The Bertz CT molecular complexity index is 1740. The summed E-state index contributed by atoms with van der Waals surface area (Å²) in [7, 11) is 7.86. The summed E-state index contributed by atoms with van der Waals surface area (Å²) in [6.45, 7) is 0. The molecule has 0 radical (unpaired) electrons. The summed E-state index contributed by atoms with van der Waals surface area (Å²) in [4.78, 5) is 0. The Morgan fingerprint density at radius 3 is 1.87 bits per heavy atom. The van der Waals surface area contributed by atoms with Gasteiger partial charge in [0.1, 0.15) is 58.2 Å². The highest BCUT2D eigenvalue weighted by molar-refractivity contribution is 5.68. The number of hydrogen-bond donors (Lipinski definition) is 2. The van der Waals surface area contributed by atoms with Crippen LogP contribution in [0, 0.1) is 0 Å². The van der Waals surface area contributed by atoms with Gasteiger partial charge in [0.25, 0.3) is 0 Å². The standard InChI is InChI=1S/C35H34O10/c1-38-20-10-6-18(7-11-20)32-24(36)16-23-25(41-4)17-28-30(33(23)43-32)31-29-26(42-5)14-22(40-3)15-27(29)44-35(45-28,34(31)37)19-8-12-21(39-2)13-9-19/h6-15,17,24,31-32,34,36-37H,16H2,1-5H3/t24-,31-,32+,34-,35-/m1/s1. The molecule has 234 valence electrons. The monoisotopic (exact) mass is 614 g/mol. The summed E-state index contributed by atoms with van der Waals surface area (Å²) < 4.78 is 48.0. The van der Waals surface area contributed by atoms with E-state index in [0.717, 1.165) is 5.56 Å². The van der Waals surface area contributed by atoms with Crippen molar-refractivity contribution in [3.8, 4) is 46.0 Å². The lowest BCUT2D eigenvalue weighted by molar-refractivity contribution is -0.219. The third kappa shape index (κ3) is 4.39. The van der Waals surface area contributed by atoms with E-state index >= 15 is 0 Å². The molecule has 0 saturated heterocycles. The molecule has 3 heterocycles. The Balaban J connectivity index is 1.47.